The summed E-state index contributed by atoms with van der Waals surface area (Å²) in [7, 11) is 1.30. The molecule has 1 aromatic carbocycles. The van der Waals surface area contributed by atoms with E-state index < -0.39 is 11.6 Å². The number of rotatable bonds is 2. The normalized spacial score (nSPS) is 36.2. The Bertz CT molecular complexity index is 1030. The fourth-order valence-corrected chi connectivity index (χ4v) is 7.67. The van der Waals surface area contributed by atoms with Gasteiger partial charge in [-0.1, -0.05) is 27.7 Å². The van der Waals surface area contributed by atoms with Gasteiger partial charge in [0.1, 0.15) is 23.6 Å². The number of fused-ring (bicyclic) bond motifs is 5. The molecule has 2 N–H and O–H groups in total. The number of nitrogens with zero attached hydrogens (tertiary/aromatic N) is 1. The van der Waals surface area contributed by atoms with Crippen LogP contribution in [-0.2, 0) is 22.5 Å². The molecule has 2 heterocycles. The number of aliphatic hydroxyl groups excluding tert-OH is 1. The molecule has 1 amide bonds. The smallest absolute Gasteiger partial charge is 0.325 e. The molecule has 1 spiro atoms. The molecule has 2 fully saturated rings. The van der Waals surface area contributed by atoms with Crippen molar-refractivity contribution in [3.8, 4) is 11.5 Å². The van der Waals surface area contributed by atoms with Crippen LogP contribution in [0.5, 0.6) is 11.5 Å². The molecular formula is C26H35NO6. The van der Waals surface area contributed by atoms with Crippen molar-refractivity contribution >= 4 is 11.9 Å². The van der Waals surface area contributed by atoms with E-state index in [2.05, 4.69) is 27.7 Å². The van der Waals surface area contributed by atoms with Crippen molar-refractivity contribution in [2.75, 3.05) is 13.7 Å². The second-order valence-electron chi connectivity index (χ2n) is 11.5. The number of hydrogen-bond donors (Lipinski definition) is 2. The van der Waals surface area contributed by atoms with Gasteiger partial charge < -0.3 is 24.6 Å². The van der Waals surface area contributed by atoms with Crippen LogP contribution in [0.4, 0.5) is 0 Å². The summed E-state index contributed by atoms with van der Waals surface area (Å²) >= 11 is 0. The summed E-state index contributed by atoms with van der Waals surface area (Å²) in [6.45, 7) is 9.01. The molecule has 0 bridgehead atoms. The van der Waals surface area contributed by atoms with Gasteiger partial charge in [0.2, 0.25) is 0 Å². The Morgan fingerprint density at radius 1 is 1.24 bits per heavy atom. The third-order valence-electron chi connectivity index (χ3n) is 9.72. The van der Waals surface area contributed by atoms with Crippen LogP contribution in [0.1, 0.15) is 74.9 Å². The number of amides is 1. The van der Waals surface area contributed by atoms with Crippen molar-refractivity contribution < 1.29 is 29.3 Å². The average molecular weight is 458 g/mol. The Morgan fingerprint density at radius 2 is 1.97 bits per heavy atom. The average Bonchev–Trinajstić information content (AvgIpc) is 3.31. The predicted octanol–water partition coefficient (Wildman–Crippen LogP) is 3.43. The number of benzene rings is 1. The van der Waals surface area contributed by atoms with Crippen LogP contribution in [0.2, 0.25) is 0 Å². The molecule has 5 atom stereocenters. The van der Waals surface area contributed by atoms with Crippen molar-refractivity contribution in [2.45, 2.75) is 78.0 Å². The third kappa shape index (κ3) is 2.84. The van der Waals surface area contributed by atoms with Gasteiger partial charge in [-0.15, -0.1) is 0 Å². The van der Waals surface area contributed by atoms with E-state index in [1.54, 1.807) is 0 Å². The second kappa shape index (κ2) is 7.11. The Morgan fingerprint density at radius 3 is 2.67 bits per heavy atom. The Hall–Kier alpha value is -2.28. The van der Waals surface area contributed by atoms with E-state index in [4.69, 9.17) is 9.47 Å². The van der Waals surface area contributed by atoms with E-state index in [0.717, 1.165) is 36.8 Å². The number of phenols is 1. The number of esters is 1. The Kier molecular flexibility index (Phi) is 4.85. The van der Waals surface area contributed by atoms with Gasteiger partial charge in [0, 0.05) is 23.0 Å². The first-order valence-corrected chi connectivity index (χ1v) is 12.1. The highest BCUT2D eigenvalue weighted by molar-refractivity contribution is 6.01. The molecule has 180 valence electrons. The maximum Gasteiger partial charge on any atom is 0.325 e. The highest BCUT2D eigenvalue weighted by Crippen LogP contribution is 2.67. The number of ether oxygens (including phenoxy) is 2. The van der Waals surface area contributed by atoms with Gasteiger partial charge >= 0.3 is 5.97 Å². The summed E-state index contributed by atoms with van der Waals surface area (Å²) in [6.07, 6.45) is 3.86. The van der Waals surface area contributed by atoms with Crippen LogP contribution >= 0.6 is 0 Å². The summed E-state index contributed by atoms with van der Waals surface area (Å²) < 4.78 is 11.7. The fourth-order valence-electron chi connectivity index (χ4n) is 7.67. The van der Waals surface area contributed by atoms with E-state index in [1.807, 2.05) is 0 Å². The summed E-state index contributed by atoms with van der Waals surface area (Å²) in [5.74, 6) is 0.474. The molecule has 0 saturated heterocycles. The Labute approximate surface area is 195 Å². The fraction of sp³-hybridized carbons (Fsp3) is 0.692. The molecule has 0 aromatic heterocycles. The van der Waals surface area contributed by atoms with Gasteiger partial charge in [0.25, 0.3) is 5.91 Å². The zero-order valence-electron chi connectivity index (χ0n) is 20.2. The maximum atomic E-state index is 13.0. The minimum absolute atomic E-state index is 0.0851. The summed E-state index contributed by atoms with van der Waals surface area (Å²) in [5.41, 5.74) is 0.994. The van der Waals surface area contributed by atoms with Gasteiger partial charge in [-0.3, -0.25) is 9.59 Å². The number of methoxy groups -OCH3 is 1. The molecule has 0 radical (unpaired) electrons. The molecule has 7 nitrogen and oxygen atoms in total. The van der Waals surface area contributed by atoms with E-state index in [-0.39, 0.29) is 53.5 Å². The lowest BCUT2D eigenvalue weighted by Gasteiger charge is -2.64. The zero-order chi connectivity index (χ0) is 23.9. The number of phenolic OH excluding ortho intramolecular Hbond substituents is 1. The highest BCUT2D eigenvalue weighted by atomic mass is 16.5. The number of hydrogen-bond acceptors (Lipinski definition) is 6. The Balaban J connectivity index is 1.57. The minimum Gasteiger partial charge on any atom is -0.508 e. The van der Waals surface area contributed by atoms with Crippen LogP contribution in [-0.4, -0.2) is 52.3 Å². The first-order chi connectivity index (χ1) is 15.5. The van der Waals surface area contributed by atoms with Crippen molar-refractivity contribution in [1.29, 1.82) is 0 Å². The summed E-state index contributed by atoms with van der Waals surface area (Å²) in [4.78, 5) is 26.2. The standard InChI is InChI=1S/C26H35NO6/c1-14-6-7-19-24(2,3)20(29)8-9-25(19,4)26(14)11-16-18(28)10-15-17(22(16)33-26)12-27(23(15)31)13-21(30)32-5/h10,14,19-20,28-29H,6-9,11-13H2,1-5H3/t14-,19+,20-,25+,26-/m1/s1. The van der Waals surface area contributed by atoms with Crippen LogP contribution < -0.4 is 4.74 Å². The summed E-state index contributed by atoms with van der Waals surface area (Å²) in [5, 5.41) is 21.8. The van der Waals surface area contributed by atoms with Gasteiger partial charge in [0.15, 0.2) is 0 Å². The second-order valence-corrected chi connectivity index (χ2v) is 11.5. The van der Waals surface area contributed by atoms with Crippen molar-refractivity contribution in [2.24, 2.45) is 22.7 Å². The topological polar surface area (TPSA) is 96.3 Å². The molecule has 7 heteroatoms. The van der Waals surface area contributed by atoms with E-state index >= 15 is 0 Å². The molecule has 2 saturated carbocycles. The molecule has 1 aromatic rings. The highest BCUT2D eigenvalue weighted by Gasteiger charge is 2.67. The SMILES string of the molecule is COC(=O)CN1Cc2c(cc(O)c3c2O[C@]2(C3)[C@H](C)CC[C@H]3C(C)(C)[C@H](O)CC[C@@]32C)C1=O. The van der Waals surface area contributed by atoms with E-state index in [0.29, 0.717) is 17.7 Å². The lowest BCUT2D eigenvalue weighted by Crippen LogP contribution is -2.66. The molecule has 5 rings (SSSR count). The molecule has 2 aliphatic carbocycles. The van der Waals surface area contributed by atoms with Crippen LogP contribution in [0.15, 0.2) is 6.07 Å². The lowest BCUT2D eigenvalue weighted by atomic mass is 9.43. The minimum atomic E-state index is -0.513. The maximum absolute atomic E-state index is 13.0. The van der Waals surface area contributed by atoms with Crippen LogP contribution in [0.25, 0.3) is 0 Å². The first-order valence-electron chi connectivity index (χ1n) is 12.1. The number of carbonyl (C=O) groups excluding carboxylic acids is 2. The molecule has 4 aliphatic rings. The molecule has 33 heavy (non-hydrogen) atoms. The van der Waals surface area contributed by atoms with Gasteiger partial charge in [0.05, 0.1) is 25.3 Å². The predicted molar refractivity (Wildman–Crippen MR) is 121 cm³/mol. The number of carbonyl (C=O) groups is 2. The summed E-state index contributed by atoms with van der Waals surface area (Å²) in [6, 6.07) is 1.54. The van der Waals surface area contributed by atoms with Crippen molar-refractivity contribution in [1.82, 2.24) is 4.90 Å². The lowest BCUT2D eigenvalue weighted by molar-refractivity contribution is -0.210. The molecule has 0 unspecified atom stereocenters. The van der Waals surface area contributed by atoms with Gasteiger partial charge in [-0.25, -0.2) is 0 Å². The zero-order valence-corrected chi connectivity index (χ0v) is 20.2. The molecule has 2 aliphatic heterocycles. The van der Waals surface area contributed by atoms with E-state index in [9.17, 15) is 19.8 Å². The quantitative estimate of drug-likeness (QED) is 0.661. The number of aliphatic hydroxyl groups is 1. The van der Waals surface area contributed by atoms with Crippen molar-refractivity contribution in [3.05, 3.63) is 22.8 Å². The van der Waals surface area contributed by atoms with Crippen LogP contribution in [0.3, 0.4) is 0 Å². The monoisotopic (exact) mass is 457 g/mol. The van der Waals surface area contributed by atoms with E-state index in [1.165, 1.54) is 18.1 Å². The first kappa shape index (κ1) is 22.5. The third-order valence-corrected chi connectivity index (χ3v) is 9.72. The number of aromatic hydroxyl groups is 1. The van der Waals surface area contributed by atoms with Crippen molar-refractivity contribution in [3.63, 3.8) is 0 Å². The molecular weight excluding hydrogens is 422 g/mol. The van der Waals surface area contributed by atoms with Gasteiger partial charge in [-0.2, -0.15) is 0 Å². The van der Waals surface area contributed by atoms with Crippen LogP contribution in [0, 0.1) is 22.7 Å². The largest absolute Gasteiger partial charge is 0.508 e. The van der Waals surface area contributed by atoms with Gasteiger partial charge in [-0.05, 0) is 49.0 Å².